The summed E-state index contributed by atoms with van der Waals surface area (Å²) in [6.45, 7) is 4.68. The first-order valence-electron chi connectivity index (χ1n) is 12.0. The molecule has 0 aromatic heterocycles. The Morgan fingerprint density at radius 2 is 1.52 bits per heavy atom. The van der Waals surface area contributed by atoms with Crippen LogP contribution in [-0.4, -0.2) is 37.7 Å². The van der Waals surface area contributed by atoms with Gasteiger partial charge in [0.25, 0.3) is 0 Å². The molecule has 1 atom stereocenters. The van der Waals surface area contributed by atoms with Gasteiger partial charge in [0.2, 0.25) is 0 Å². The Hall–Kier alpha value is -3.24. The third-order valence-corrected chi connectivity index (χ3v) is 6.90. The smallest absolute Gasteiger partial charge is 0.150 e. The van der Waals surface area contributed by atoms with E-state index in [9.17, 15) is 0 Å². The zero-order chi connectivity index (χ0) is 22.0. The van der Waals surface area contributed by atoms with Gasteiger partial charge in [-0.15, -0.1) is 0 Å². The second kappa shape index (κ2) is 8.95. The van der Waals surface area contributed by atoms with Crippen molar-refractivity contribution in [2.24, 2.45) is 0 Å². The van der Waals surface area contributed by atoms with Gasteiger partial charge in [0, 0.05) is 28.8 Å². The van der Waals surface area contributed by atoms with E-state index in [1.54, 1.807) is 0 Å². The van der Waals surface area contributed by atoms with Crippen LogP contribution in [0.3, 0.4) is 0 Å². The van der Waals surface area contributed by atoms with E-state index in [0.717, 1.165) is 47.1 Å². The molecule has 168 valence electrons. The van der Waals surface area contributed by atoms with E-state index in [-0.39, 0.29) is 6.10 Å². The predicted octanol–water partition coefficient (Wildman–Crippen LogP) is 5.99. The highest BCUT2D eigenvalue weighted by atomic mass is 16.5. The number of ether oxygens (including phenoxy) is 3. The summed E-state index contributed by atoms with van der Waals surface area (Å²) in [7, 11) is 0. The largest absolute Gasteiger partial charge is 0.492 e. The van der Waals surface area contributed by atoms with Gasteiger partial charge in [0.05, 0.1) is 0 Å². The molecule has 3 aliphatic heterocycles. The number of piperidine rings is 1. The minimum atomic E-state index is -0.178. The minimum absolute atomic E-state index is 0.178. The molecule has 3 aromatic carbocycles. The fourth-order valence-corrected chi connectivity index (χ4v) is 5.18. The van der Waals surface area contributed by atoms with Crippen molar-refractivity contribution < 1.29 is 14.2 Å². The summed E-state index contributed by atoms with van der Waals surface area (Å²) in [5, 5.41) is 0. The van der Waals surface area contributed by atoms with E-state index in [2.05, 4.69) is 53.4 Å². The zero-order valence-corrected chi connectivity index (χ0v) is 18.8. The quantitative estimate of drug-likeness (QED) is 0.489. The topological polar surface area (TPSA) is 30.9 Å². The summed E-state index contributed by atoms with van der Waals surface area (Å²) in [5.74, 6) is 2.74. The lowest BCUT2D eigenvalue weighted by Crippen LogP contribution is -2.33. The van der Waals surface area contributed by atoms with Crippen molar-refractivity contribution in [3.8, 4) is 17.2 Å². The van der Waals surface area contributed by atoms with Crippen LogP contribution in [0.2, 0.25) is 0 Å². The summed E-state index contributed by atoms with van der Waals surface area (Å²) < 4.78 is 18.7. The van der Waals surface area contributed by atoms with E-state index >= 15 is 0 Å². The first kappa shape index (κ1) is 20.4. The molecular formula is C29H29NO3. The van der Waals surface area contributed by atoms with Gasteiger partial charge in [0.15, 0.2) is 6.10 Å². The van der Waals surface area contributed by atoms with Crippen molar-refractivity contribution in [1.29, 1.82) is 0 Å². The van der Waals surface area contributed by atoms with E-state index < -0.39 is 0 Å². The van der Waals surface area contributed by atoms with Crippen molar-refractivity contribution in [3.05, 3.63) is 89.5 Å². The van der Waals surface area contributed by atoms with Crippen LogP contribution in [0.4, 0.5) is 0 Å². The van der Waals surface area contributed by atoms with Gasteiger partial charge in [0.1, 0.15) is 30.5 Å². The lowest BCUT2D eigenvalue weighted by molar-refractivity contribution is 0.183. The predicted molar refractivity (Wildman–Crippen MR) is 131 cm³/mol. The lowest BCUT2D eigenvalue weighted by Gasteiger charge is -2.35. The Kier molecular flexibility index (Phi) is 5.53. The summed E-state index contributed by atoms with van der Waals surface area (Å²) in [5.41, 5.74) is 5.77. The standard InChI is InChI=1S/C29H29NO3/c1-6-16-30(17-7-1)18-19-31-22-14-12-21(13-15-22)29-28-24-9-3-4-10-26(24)32-20-25(28)23-8-2-5-11-27(23)33-29/h2-5,8-15,29H,1,6-7,16-20H2/t29-/m0/s1. The first-order valence-corrected chi connectivity index (χ1v) is 12.0. The third kappa shape index (κ3) is 4.00. The maximum atomic E-state index is 6.58. The number of benzene rings is 3. The molecule has 4 heteroatoms. The van der Waals surface area contributed by atoms with Gasteiger partial charge >= 0.3 is 0 Å². The van der Waals surface area contributed by atoms with Crippen LogP contribution in [0.15, 0.2) is 72.8 Å². The van der Waals surface area contributed by atoms with Crippen molar-refractivity contribution in [3.63, 3.8) is 0 Å². The molecule has 3 heterocycles. The van der Waals surface area contributed by atoms with Gasteiger partial charge in [-0.2, -0.15) is 0 Å². The van der Waals surface area contributed by atoms with E-state index in [4.69, 9.17) is 14.2 Å². The molecule has 0 bridgehead atoms. The fourth-order valence-electron chi connectivity index (χ4n) is 5.18. The summed E-state index contributed by atoms with van der Waals surface area (Å²) in [4.78, 5) is 2.50. The molecule has 1 saturated heterocycles. The number of hydrogen-bond donors (Lipinski definition) is 0. The van der Waals surface area contributed by atoms with Crippen molar-refractivity contribution in [1.82, 2.24) is 4.90 Å². The van der Waals surface area contributed by atoms with Gasteiger partial charge in [-0.05, 0) is 55.8 Å². The molecule has 0 N–H and O–H groups in total. The molecule has 3 aliphatic rings. The highest BCUT2D eigenvalue weighted by molar-refractivity contribution is 5.99. The molecule has 0 radical (unpaired) electrons. The average Bonchev–Trinajstić information content (AvgIpc) is 2.89. The summed E-state index contributed by atoms with van der Waals surface area (Å²) in [6, 6.07) is 24.9. The monoisotopic (exact) mass is 439 g/mol. The molecule has 1 fully saturated rings. The van der Waals surface area contributed by atoms with Crippen molar-refractivity contribution in [2.75, 3.05) is 32.8 Å². The highest BCUT2D eigenvalue weighted by Gasteiger charge is 2.34. The molecule has 0 saturated carbocycles. The zero-order valence-electron chi connectivity index (χ0n) is 18.8. The molecule has 0 amide bonds. The Morgan fingerprint density at radius 3 is 2.33 bits per heavy atom. The minimum Gasteiger partial charge on any atom is -0.492 e. The van der Waals surface area contributed by atoms with Gasteiger partial charge in [-0.3, -0.25) is 4.90 Å². The molecule has 4 nitrogen and oxygen atoms in total. The highest BCUT2D eigenvalue weighted by Crippen LogP contribution is 2.50. The molecule has 6 rings (SSSR count). The van der Waals surface area contributed by atoms with Crippen molar-refractivity contribution >= 4 is 11.1 Å². The lowest BCUT2D eigenvalue weighted by atomic mass is 9.84. The fraction of sp³-hybridized carbons (Fsp3) is 0.310. The van der Waals surface area contributed by atoms with E-state index in [0.29, 0.717) is 6.61 Å². The number of para-hydroxylation sites is 2. The number of likely N-dealkylation sites (tertiary alicyclic amines) is 1. The van der Waals surface area contributed by atoms with E-state index in [1.165, 1.54) is 43.5 Å². The van der Waals surface area contributed by atoms with Gasteiger partial charge in [-0.25, -0.2) is 0 Å². The first-order chi connectivity index (χ1) is 16.4. The Balaban J connectivity index is 1.26. The van der Waals surface area contributed by atoms with Crippen LogP contribution in [-0.2, 0) is 0 Å². The second-order valence-electron chi connectivity index (χ2n) is 8.99. The number of fused-ring (bicyclic) bond motifs is 4. The molecule has 3 aromatic rings. The van der Waals surface area contributed by atoms with E-state index in [1.807, 2.05) is 24.3 Å². The SMILES string of the molecule is c1ccc2c(c1)O[C@@H](c1ccc(OCCN3CCCCC3)cc1)C1=C2COc2ccccc21. The van der Waals surface area contributed by atoms with Gasteiger partial charge in [-0.1, -0.05) is 55.0 Å². The van der Waals surface area contributed by atoms with Crippen LogP contribution in [0.5, 0.6) is 17.2 Å². The van der Waals surface area contributed by atoms with Crippen LogP contribution in [0.25, 0.3) is 11.1 Å². The maximum Gasteiger partial charge on any atom is 0.150 e. The maximum absolute atomic E-state index is 6.58. The second-order valence-corrected chi connectivity index (χ2v) is 8.99. The Labute approximate surface area is 195 Å². The summed E-state index contributed by atoms with van der Waals surface area (Å²) in [6.07, 6.45) is 3.81. The molecule has 33 heavy (non-hydrogen) atoms. The number of rotatable bonds is 5. The normalized spacial score (nSPS) is 19.6. The van der Waals surface area contributed by atoms with Crippen molar-refractivity contribution in [2.45, 2.75) is 25.4 Å². The Morgan fingerprint density at radius 1 is 0.788 bits per heavy atom. The van der Waals surface area contributed by atoms with Crippen LogP contribution >= 0.6 is 0 Å². The third-order valence-electron chi connectivity index (χ3n) is 6.90. The van der Waals surface area contributed by atoms with Crippen LogP contribution in [0.1, 0.15) is 42.1 Å². The van der Waals surface area contributed by atoms with Crippen LogP contribution in [0, 0.1) is 0 Å². The van der Waals surface area contributed by atoms with Crippen LogP contribution < -0.4 is 14.2 Å². The molecule has 0 unspecified atom stereocenters. The number of nitrogens with zero attached hydrogens (tertiary/aromatic N) is 1. The average molecular weight is 440 g/mol. The molecule has 0 aliphatic carbocycles. The molecular weight excluding hydrogens is 410 g/mol. The Bertz CT molecular complexity index is 1160. The molecule has 0 spiro atoms. The number of hydrogen-bond acceptors (Lipinski definition) is 4. The van der Waals surface area contributed by atoms with Gasteiger partial charge < -0.3 is 14.2 Å². The summed E-state index contributed by atoms with van der Waals surface area (Å²) >= 11 is 0.